The van der Waals surface area contributed by atoms with Crippen molar-refractivity contribution in [1.29, 1.82) is 0 Å². The summed E-state index contributed by atoms with van der Waals surface area (Å²) in [6, 6.07) is 12.0. The fourth-order valence-corrected chi connectivity index (χ4v) is 3.21. The number of aromatic nitrogens is 2. The van der Waals surface area contributed by atoms with E-state index in [2.05, 4.69) is 43.3 Å². The molecule has 0 radical (unpaired) electrons. The van der Waals surface area contributed by atoms with E-state index in [-0.39, 0.29) is 11.8 Å². The van der Waals surface area contributed by atoms with Gasteiger partial charge in [0.25, 0.3) is 0 Å². The summed E-state index contributed by atoms with van der Waals surface area (Å²) in [6.45, 7) is 6.30. The molecule has 26 heavy (non-hydrogen) atoms. The highest BCUT2D eigenvalue weighted by Crippen LogP contribution is 2.24. The van der Waals surface area contributed by atoms with E-state index in [4.69, 9.17) is 0 Å². The van der Waals surface area contributed by atoms with Crippen molar-refractivity contribution in [3.8, 4) is 11.3 Å². The van der Waals surface area contributed by atoms with Gasteiger partial charge < -0.3 is 9.72 Å². The monoisotopic (exact) mass is 349 g/mol. The molecule has 0 bridgehead atoms. The number of aryl methyl sites for hydroxylation is 1. The summed E-state index contributed by atoms with van der Waals surface area (Å²) in [7, 11) is 0. The van der Waals surface area contributed by atoms with Crippen molar-refractivity contribution in [2.24, 2.45) is 5.92 Å². The molecule has 1 amide bonds. The number of rotatable bonds is 7. The first kappa shape index (κ1) is 18.2. The van der Waals surface area contributed by atoms with Gasteiger partial charge in [-0.15, -0.1) is 0 Å². The normalized spacial score (nSPS) is 12.3. The molecule has 0 saturated heterocycles. The first-order chi connectivity index (χ1) is 12.6. The number of benzene rings is 1. The molecular formula is C22H27N3O. The number of imidazole rings is 1. The van der Waals surface area contributed by atoms with Gasteiger partial charge in [0.2, 0.25) is 5.91 Å². The zero-order chi connectivity index (χ0) is 18.5. The van der Waals surface area contributed by atoms with Crippen LogP contribution in [0.5, 0.6) is 0 Å². The van der Waals surface area contributed by atoms with Gasteiger partial charge in [0, 0.05) is 29.6 Å². The highest BCUT2D eigenvalue weighted by atomic mass is 16.1. The molecule has 136 valence electrons. The fourth-order valence-electron chi connectivity index (χ4n) is 3.21. The molecule has 1 N–H and O–H groups in total. The quantitative estimate of drug-likeness (QED) is 0.615. The first-order valence-electron chi connectivity index (χ1n) is 9.47. The van der Waals surface area contributed by atoms with Gasteiger partial charge in [0.15, 0.2) is 0 Å². The lowest BCUT2D eigenvalue weighted by Crippen LogP contribution is -2.22. The van der Waals surface area contributed by atoms with Gasteiger partial charge >= 0.3 is 0 Å². The average molecular weight is 349 g/mol. The predicted octanol–water partition coefficient (Wildman–Crippen LogP) is 5.46. The summed E-state index contributed by atoms with van der Waals surface area (Å²) in [4.78, 5) is 17.2. The molecule has 2 heterocycles. The van der Waals surface area contributed by atoms with E-state index >= 15 is 0 Å². The van der Waals surface area contributed by atoms with Crippen molar-refractivity contribution in [2.45, 2.75) is 46.5 Å². The Hall–Kier alpha value is -2.62. The molecule has 1 unspecified atom stereocenters. The van der Waals surface area contributed by atoms with Crippen molar-refractivity contribution in [1.82, 2.24) is 9.38 Å². The molecule has 0 saturated carbocycles. The minimum Gasteiger partial charge on any atom is -0.326 e. The van der Waals surface area contributed by atoms with Crippen molar-refractivity contribution >= 4 is 17.2 Å². The van der Waals surface area contributed by atoms with Crippen LogP contribution in [0.25, 0.3) is 16.9 Å². The zero-order valence-electron chi connectivity index (χ0n) is 15.8. The van der Waals surface area contributed by atoms with Crippen LogP contribution in [0.3, 0.4) is 0 Å². The van der Waals surface area contributed by atoms with Crippen LogP contribution in [0, 0.1) is 12.8 Å². The van der Waals surface area contributed by atoms with Gasteiger partial charge in [-0.2, -0.15) is 0 Å². The Morgan fingerprint density at radius 3 is 2.81 bits per heavy atom. The third-order valence-corrected chi connectivity index (χ3v) is 4.79. The van der Waals surface area contributed by atoms with Crippen LogP contribution in [0.2, 0.25) is 0 Å². The number of hydrogen-bond acceptors (Lipinski definition) is 2. The van der Waals surface area contributed by atoms with E-state index in [9.17, 15) is 4.79 Å². The van der Waals surface area contributed by atoms with Crippen LogP contribution in [0.15, 0.2) is 48.8 Å². The standard InChI is InChI=1S/C22H27N3O/c1-4-6-8-17(5-2)22(26)23-19-10-7-9-18(13-19)20-15-25-14-16(3)11-12-21(25)24-20/h7,9-15,17H,4-6,8H2,1-3H3,(H,23,26). The smallest absolute Gasteiger partial charge is 0.227 e. The Balaban J connectivity index is 1.79. The van der Waals surface area contributed by atoms with Crippen molar-refractivity contribution in [3.63, 3.8) is 0 Å². The number of carbonyl (C=O) groups is 1. The Morgan fingerprint density at radius 2 is 2.04 bits per heavy atom. The van der Waals surface area contributed by atoms with E-state index in [1.165, 1.54) is 5.56 Å². The topological polar surface area (TPSA) is 46.4 Å². The highest BCUT2D eigenvalue weighted by Gasteiger charge is 2.16. The van der Waals surface area contributed by atoms with Gasteiger partial charge in [-0.3, -0.25) is 4.79 Å². The number of anilines is 1. The summed E-state index contributed by atoms with van der Waals surface area (Å²) in [5.41, 5.74) is 4.86. The predicted molar refractivity (Wildman–Crippen MR) is 107 cm³/mol. The second-order valence-corrected chi connectivity index (χ2v) is 6.92. The Kier molecular flexibility index (Phi) is 5.71. The molecule has 3 aromatic rings. The van der Waals surface area contributed by atoms with Crippen LogP contribution >= 0.6 is 0 Å². The van der Waals surface area contributed by atoms with Gasteiger partial charge in [0.1, 0.15) is 5.65 Å². The molecule has 0 spiro atoms. The third-order valence-electron chi connectivity index (χ3n) is 4.79. The molecule has 2 aromatic heterocycles. The zero-order valence-corrected chi connectivity index (χ0v) is 15.8. The summed E-state index contributed by atoms with van der Waals surface area (Å²) in [5.74, 6) is 0.195. The molecule has 0 aliphatic carbocycles. The number of pyridine rings is 1. The van der Waals surface area contributed by atoms with Crippen LogP contribution in [-0.4, -0.2) is 15.3 Å². The molecule has 0 fully saturated rings. The number of nitrogens with zero attached hydrogens (tertiary/aromatic N) is 2. The molecule has 1 atom stereocenters. The lowest BCUT2D eigenvalue weighted by molar-refractivity contribution is -0.120. The maximum atomic E-state index is 12.5. The van der Waals surface area contributed by atoms with Gasteiger partial charge in [-0.25, -0.2) is 4.98 Å². The molecule has 3 rings (SSSR count). The number of fused-ring (bicyclic) bond motifs is 1. The molecule has 1 aromatic carbocycles. The summed E-state index contributed by atoms with van der Waals surface area (Å²) in [6.07, 6.45) is 8.12. The van der Waals surface area contributed by atoms with E-state index < -0.39 is 0 Å². The Labute approximate surface area is 155 Å². The molecular weight excluding hydrogens is 322 g/mol. The van der Waals surface area contributed by atoms with Gasteiger partial charge in [0.05, 0.1) is 5.69 Å². The number of amides is 1. The minimum atomic E-state index is 0.0803. The maximum Gasteiger partial charge on any atom is 0.227 e. The largest absolute Gasteiger partial charge is 0.326 e. The molecule has 4 heteroatoms. The third kappa shape index (κ3) is 4.13. The van der Waals surface area contributed by atoms with Crippen LogP contribution in [-0.2, 0) is 4.79 Å². The number of unbranched alkanes of at least 4 members (excludes halogenated alkanes) is 1. The lowest BCUT2D eigenvalue weighted by atomic mass is 9.98. The van der Waals surface area contributed by atoms with E-state index in [1.54, 1.807) is 0 Å². The summed E-state index contributed by atoms with van der Waals surface area (Å²) in [5, 5.41) is 3.08. The number of hydrogen-bond donors (Lipinski definition) is 1. The SMILES string of the molecule is CCCCC(CC)C(=O)Nc1cccc(-c2cn3cc(C)ccc3n2)c1. The second-order valence-electron chi connectivity index (χ2n) is 6.92. The Bertz CT molecular complexity index is 897. The van der Waals surface area contributed by atoms with E-state index in [0.717, 1.165) is 48.3 Å². The summed E-state index contributed by atoms with van der Waals surface area (Å²) >= 11 is 0. The van der Waals surface area contributed by atoms with Crippen LogP contribution in [0.1, 0.15) is 45.1 Å². The first-order valence-corrected chi connectivity index (χ1v) is 9.47. The number of carbonyl (C=O) groups excluding carboxylic acids is 1. The molecule has 0 aliphatic rings. The minimum absolute atomic E-state index is 0.0803. The summed E-state index contributed by atoms with van der Waals surface area (Å²) < 4.78 is 2.04. The van der Waals surface area contributed by atoms with E-state index in [0.29, 0.717) is 0 Å². The van der Waals surface area contributed by atoms with Crippen molar-refractivity contribution in [3.05, 3.63) is 54.4 Å². The average Bonchev–Trinajstić information content (AvgIpc) is 3.06. The Morgan fingerprint density at radius 1 is 1.19 bits per heavy atom. The molecule has 0 aliphatic heterocycles. The van der Waals surface area contributed by atoms with Crippen molar-refractivity contribution < 1.29 is 4.79 Å². The van der Waals surface area contributed by atoms with Crippen molar-refractivity contribution in [2.75, 3.05) is 5.32 Å². The second kappa shape index (κ2) is 8.17. The van der Waals surface area contributed by atoms with E-state index in [1.807, 2.05) is 40.9 Å². The molecule has 4 nitrogen and oxygen atoms in total. The van der Waals surface area contributed by atoms with Crippen LogP contribution in [0.4, 0.5) is 5.69 Å². The van der Waals surface area contributed by atoms with Gasteiger partial charge in [-0.05, 0) is 43.5 Å². The lowest BCUT2D eigenvalue weighted by Gasteiger charge is -2.15. The fraction of sp³-hybridized carbons (Fsp3) is 0.364. The maximum absolute atomic E-state index is 12.5. The number of nitrogens with one attached hydrogen (secondary N) is 1. The van der Waals surface area contributed by atoms with Gasteiger partial charge in [-0.1, -0.05) is 44.9 Å². The highest BCUT2D eigenvalue weighted by molar-refractivity contribution is 5.93. The van der Waals surface area contributed by atoms with Crippen LogP contribution < -0.4 is 5.32 Å².